The SMILES string of the molecule is C[C@H](c1ccccc1)n1cncc1C(=O)N1CCN(C2CC2)c2ccccc21. The molecule has 0 radical (unpaired) electrons. The zero-order valence-corrected chi connectivity index (χ0v) is 16.0. The van der Waals surface area contributed by atoms with Crippen LogP contribution in [0.2, 0.25) is 0 Å². The van der Waals surface area contributed by atoms with E-state index >= 15 is 0 Å². The summed E-state index contributed by atoms with van der Waals surface area (Å²) < 4.78 is 1.98. The Labute approximate surface area is 165 Å². The lowest BCUT2D eigenvalue weighted by Gasteiger charge is -2.38. The Balaban J connectivity index is 1.48. The summed E-state index contributed by atoms with van der Waals surface area (Å²) >= 11 is 0. The fourth-order valence-corrected chi connectivity index (χ4v) is 4.17. The largest absolute Gasteiger partial charge is 0.365 e. The molecule has 28 heavy (non-hydrogen) atoms. The third kappa shape index (κ3) is 2.87. The molecule has 2 aliphatic rings. The summed E-state index contributed by atoms with van der Waals surface area (Å²) in [5.41, 5.74) is 3.97. The van der Waals surface area contributed by atoms with Gasteiger partial charge in [-0.05, 0) is 37.5 Å². The van der Waals surface area contributed by atoms with Crippen molar-refractivity contribution in [1.82, 2.24) is 9.55 Å². The number of nitrogens with zero attached hydrogens (tertiary/aromatic N) is 4. The van der Waals surface area contributed by atoms with E-state index in [1.54, 1.807) is 12.5 Å². The zero-order chi connectivity index (χ0) is 19.1. The number of imidazole rings is 1. The maximum Gasteiger partial charge on any atom is 0.276 e. The van der Waals surface area contributed by atoms with Gasteiger partial charge in [0.15, 0.2) is 0 Å². The number of para-hydroxylation sites is 2. The van der Waals surface area contributed by atoms with Crippen molar-refractivity contribution in [3.63, 3.8) is 0 Å². The topological polar surface area (TPSA) is 41.4 Å². The summed E-state index contributed by atoms with van der Waals surface area (Å²) in [6.45, 7) is 3.69. The molecule has 5 rings (SSSR count). The highest BCUT2D eigenvalue weighted by Crippen LogP contribution is 2.40. The Hall–Kier alpha value is -3.08. The van der Waals surface area contributed by atoms with E-state index in [1.807, 2.05) is 33.7 Å². The third-order valence-corrected chi connectivity index (χ3v) is 5.86. The van der Waals surface area contributed by atoms with Crippen LogP contribution in [0, 0.1) is 0 Å². The van der Waals surface area contributed by atoms with Gasteiger partial charge in [0, 0.05) is 19.1 Å². The van der Waals surface area contributed by atoms with Crippen molar-refractivity contribution in [2.75, 3.05) is 22.9 Å². The molecule has 1 amide bonds. The van der Waals surface area contributed by atoms with Crippen LogP contribution in [-0.4, -0.2) is 34.6 Å². The molecular weight excluding hydrogens is 348 g/mol. The van der Waals surface area contributed by atoms with Crippen molar-refractivity contribution in [2.24, 2.45) is 0 Å². The van der Waals surface area contributed by atoms with E-state index in [0.717, 1.165) is 17.8 Å². The van der Waals surface area contributed by atoms with E-state index < -0.39 is 0 Å². The van der Waals surface area contributed by atoms with E-state index in [1.165, 1.54) is 18.5 Å². The fraction of sp³-hybridized carbons (Fsp3) is 0.304. The van der Waals surface area contributed by atoms with Gasteiger partial charge in [0.25, 0.3) is 5.91 Å². The number of aromatic nitrogens is 2. The lowest BCUT2D eigenvalue weighted by Crippen LogP contribution is -2.45. The lowest BCUT2D eigenvalue weighted by molar-refractivity contribution is 0.0976. The molecule has 5 heteroatoms. The average molecular weight is 372 g/mol. The minimum atomic E-state index is 0.0168. The predicted octanol–water partition coefficient (Wildman–Crippen LogP) is 4.12. The predicted molar refractivity (Wildman–Crippen MR) is 111 cm³/mol. The standard InChI is InChI=1S/C23H24N4O/c1-17(18-7-3-2-4-8-18)27-16-24-15-22(27)23(28)26-14-13-25(19-11-12-19)20-9-5-6-10-21(20)26/h2-10,15-17,19H,11-14H2,1H3/t17-/m1/s1. The van der Waals surface area contributed by atoms with Crippen molar-refractivity contribution >= 4 is 17.3 Å². The zero-order valence-electron chi connectivity index (χ0n) is 16.0. The molecule has 1 atom stereocenters. The summed E-state index contributed by atoms with van der Waals surface area (Å²) in [5, 5.41) is 0. The molecule has 1 aliphatic carbocycles. The van der Waals surface area contributed by atoms with Gasteiger partial charge in [0.1, 0.15) is 5.69 Å². The number of fused-ring (bicyclic) bond motifs is 1. The van der Waals surface area contributed by atoms with Crippen LogP contribution in [0.1, 0.15) is 41.9 Å². The second kappa shape index (κ2) is 6.82. The van der Waals surface area contributed by atoms with Crippen LogP contribution in [0.3, 0.4) is 0 Å². The molecule has 0 bridgehead atoms. The minimum absolute atomic E-state index is 0.0168. The molecule has 0 saturated heterocycles. The molecule has 1 fully saturated rings. The average Bonchev–Trinajstić information content (AvgIpc) is 3.48. The summed E-state index contributed by atoms with van der Waals surface area (Å²) in [7, 11) is 0. The third-order valence-electron chi connectivity index (χ3n) is 5.86. The lowest BCUT2D eigenvalue weighted by atomic mass is 10.1. The number of hydrogen-bond donors (Lipinski definition) is 0. The number of rotatable bonds is 4. The van der Waals surface area contributed by atoms with Crippen molar-refractivity contribution < 1.29 is 4.79 Å². The fourth-order valence-electron chi connectivity index (χ4n) is 4.17. The van der Waals surface area contributed by atoms with Crippen LogP contribution in [0.25, 0.3) is 0 Å². The van der Waals surface area contributed by atoms with Gasteiger partial charge in [-0.15, -0.1) is 0 Å². The number of anilines is 2. The summed E-state index contributed by atoms with van der Waals surface area (Å²) in [6.07, 6.45) is 5.96. The number of benzene rings is 2. The van der Waals surface area contributed by atoms with Crippen molar-refractivity contribution in [3.05, 3.63) is 78.4 Å². The molecule has 3 aromatic rings. The van der Waals surface area contributed by atoms with Crippen LogP contribution in [-0.2, 0) is 0 Å². The quantitative estimate of drug-likeness (QED) is 0.692. The van der Waals surface area contributed by atoms with Gasteiger partial charge < -0.3 is 14.4 Å². The first-order valence-corrected chi connectivity index (χ1v) is 9.98. The first-order valence-electron chi connectivity index (χ1n) is 9.98. The van der Waals surface area contributed by atoms with Gasteiger partial charge in [0.2, 0.25) is 0 Å². The maximum atomic E-state index is 13.5. The number of carbonyl (C=O) groups excluding carboxylic acids is 1. The smallest absolute Gasteiger partial charge is 0.276 e. The highest BCUT2D eigenvalue weighted by Gasteiger charge is 2.36. The number of amides is 1. The second-order valence-corrected chi connectivity index (χ2v) is 7.64. The van der Waals surface area contributed by atoms with Crippen LogP contribution < -0.4 is 9.80 Å². The van der Waals surface area contributed by atoms with Crippen molar-refractivity contribution in [1.29, 1.82) is 0 Å². The normalized spacial score (nSPS) is 17.3. The Kier molecular flexibility index (Phi) is 4.15. The molecule has 0 unspecified atom stereocenters. The van der Waals surface area contributed by atoms with Gasteiger partial charge in [-0.3, -0.25) is 4.79 Å². The van der Waals surface area contributed by atoms with Gasteiger partial charge in [0.05, 0.1) is 29.9 Å². The molecule has 1 aromatic heterocycles. The highest BCUT2D eigenvalue weighted by molar-refractivity contribution is 6.07. The van der Waals surface area contributed by atoms with Crippen LogP contribution in [0.5, 0.6) is 0 Å². The van der Waals surface area contributed by atoms with Crippen LogP contribution >= 0.6 is 0 Å². The molecule has 1 saturated carbocycles. The van der Waals surface area contributed by atoms with Gasteiger partial charge >= 0.3 is 0 Å². The number of hydrogen-bond acceptors (Lipinski definition) is 3. The van der Waals surface area contributed by atoms with E-state index in [-0.39, 0.29) is 11.9 Å². The summed E-state index contributed by atoms with van der Waals surface area (Å²) in [5.74, 6) is 0.0168. The Morgan fingerprint density at radius 2 is 1.71 bits per heavy atom. The minimum Gasteiger partial charge on any atom is -0.365 e. The summed E-state index contributed by atoms with van der Waals surface area (Å²) in [6, 6.07) is 19.2. The van der Waals surface area contributed by atoms with Gasteiger partial charge in [-0.25, -0.2) is 4.98 Å². The van der Waals surface area contributed by atoms with Crippen molar-refractivity contribution in [2.45, 2.75) is 31.8 Å². The Morgan fingerprint density at radius 3 is 2.46 bits per heavy atom. The first-order chi connectivity index (χ1) is 13.7. The maximum absolute atomic E-state index is 13.5. The second-order valence-electron chi connectivity index (χ2n) is 7.64. The molecule has 2 heterocycles. The highest BCUT2D eigenvalue weighted by atomic mass is 16.2. The van der Waals surface area contributed by atoms with Crippen molar-refractivity contribution in [3.8, 4) is 0 Å². The molecule has 2 aromatic carbocycles. The molecule has 5 nitrogen and oxygen atoms in total. The molecular formula is C23H24N4O. The van der Waals surface area contributed by atoms with E-state index in [9.17, 15) is 4.79 Å². The number of carbonyl (C=O) groups is 1. The molecule has 0 N–H and O–H groups in total. The first kappa shape index (κ1) is 17.0. The molecule has 1 aliphatic heterocycles. The van der Waals surface area contributed by atoms with E-state index in [2.05, 4.69) is 47.1 Å². The van der Waals surface area contributed by atoms with E-state index in [0.29, 0.717) is 18.3 Å². The van der Waals surface area contributed by atoms with Gasteiger partial charge in [-0.2, -0.15) is 0 Å². The Morgan fingerprint density at radius 1 is 1.00 bits per heavy atom. The van der Waals surface area contributed by atoms with E-state index in [4.69, 9.17) is 0 Å². The van der Waals surface area contributed by atoms with Crippen LogP contribution in [0.4, 0.5) is 11.4 Å². The van der Waals surface area contributed by atoms with Crippen LogP contribution in [0.15, 0.2) is 67.1 Å². The molecule has 0 spiro atoms. The van der Waals surface area contributed by atoms with Gasteiger partial charge in [-0.1, -0.05) is 42.5 Å². The monoisotopic (exact) mass is 372 g/mol. The Bertz CT molecular complexity index is 993. The molecule has 142 valence electrons. The summed E-state index contributed by atoms with van der Waals surface area (Å²) in [4.78, 5) is 22.2.